The Morgan fingerprint density at radius 3 is 2.11 bits per heavy atom. The fraction of sp³-hybridized carbons (Fsp3) is 0.167. The molecule has 7 heteroatoms. The van der Waals surface area contributed by atoms with Crippen LogP contribution in [0.25, 0.3) is 0 Å². The number of ether oxygens (including phenoxy) is 1. The van der Waals surface area contributed by atoms with Gasteiger partial charge in [0.2, 0.25) is 5.91 Å². The summed E-state index contributed by atoms with van der Waals surface area (Å²) in [7, 11) is -4.07. The van der Waals surface area contributed by atoms with E-state index in [0.29, 0.717) is 18.0 Å². The van der Waals surface area contributed by atoms with Crippen molar-refractivity contribution in [3.05, 3.63) is 126 Å². The van der Waals surface area contributed by atoms with Crippen molar-refractivity contribution < 1.29 is 17.9 Å². The van der Waals surface area contributed by atoms with Crippen LogP contribution in [0.1, 0.15) is 29.7 Å². The minimum atomic E-state index is -4.07. The van der Waals surface area contributed by atoms with Gasteiger partial charge < -0.3 is 10.1 Å². The molecule has 0 bridgehead atoms. The number of amides is 1. The molecule has 4 aromatic rings. The molecule has 0 saturated carbocycles. The van der Waals surface area contributed by atoms with Crippen LogP contribution in [0.15, 0.2) is 114 Å². The van der Waals surface area contributed by atoms with Crippen molar-refractivity contribution in [2.24, 2.45) is 0 Å². The van der Waals surface area contributed by atoms with Gasteiger partial charge in [-0.3, -0.25) is 9.10 Å². The summed E-state index contributed by atoms with van der Waals surface area (Å²) < 4.78 is 34.4. The van der Waals surface area contributed by atoms with Gasteiger partial charge >= 0.3 is 0 Å². The molecule has 4 rings (SSSR count). The summed E-state index contributed by atoms with van der Waals surface area (Å²) >= 11 is 0. The Morgan fingerprint density at radius 1 is 0.838 bits per heavy atom. The smallest absolute Gasteiger partial charge is 0.264 e. The summed E-state index contributed by atoms with van der Waals surface area (Å²) in [4.78, 5) is 13.7. The second-order valence-corrected chi connectivity index (χ2v) is 10.4. The number of hydrogen-bond acceptors (Lipinski definition) is 4. The SMILES string of the molecule is CCOc1ccccc1N(CC(=O)N[C@@H](c1ccccc1)c1ccccc1C)S(=O)(=O)c1ccccc1. The highest BCUT2D eigenvalue weighted by Gasteiger charge is 2.30. The number of aryl methyl sites for hydroxylation is 1. The molecule has 0 fully saturated rings. The van der Waals surface area contributed by atoms with E-state index in [1.165, 1.54) is 12.1 Å². The molecule has 190 valence electrons. The van der Waals surface area contributed by atoms with Gasteiger partial charge in [0.05, 0.1) is 23.2 Å². The molecule has 0 aromatic heterocycles. The van der Waals surface area contributed by atoms with Crippen LogP contribution in [-0.2, 0) is 14.8 Å². The minimum absolute atomic E-state index is 0.0904. The maximum absolute atomic E-state index is 13.8. The van der Waals surface area contributed by atoms with Crippen molar-refractivity contribution in [3.8, 4) is 5.75 Å². The summed E-state index contributed by atoms with van der Waals surface area (Å²) in [6.45, 7) is 3.75. The van der Waals surface area contributed by atoms with Crippen LogP contribution in [-0.4, -0.2) is 27.5 Å². The molecule has 0 aliphatic heterocycles. The number of benzene rings is 4. The topological polar surface area (TPSA) is 75.7 Å². The molecule has 6 nitrogen and oxygen atoms in total. The third-order valence-corrected chi connectivity index (χ3v) is 7.76. The fourth-order valence-corrected chi connectivity index (χ4v) is 5.65. The number of hydrogen-bond donors (Lipinski definition) is 1. The Hall–Kier alpha value is -4.10. The maximum atomic E-state index is 13.8. The average Bonchev–Trinajstić information content (AvgIpc) is 2.92. The van der Waals surface area contributed by atoms with Gasteiger partial charge in [-0.2, -0.15) is 0 Å². The van der Waals surface area contributed by atoms with Crippen molar-refractivity contribution >= 4 is 21.6 Å². The quantitative estimate of drug-likeness (QED) is 0.303. The number of sulfonamides is 1. The first-order chi connectivity index (χ1) is 17.9. The third-order valence-electron chi connectivity index (χ3n) is 5.99. The van der Waals surface area contributed by atoms with E-state index in [1.54, 1.807) is 42.5 Å². The zero-order valence-electron chi connectivity index (χ0n) is 20.9. The van der Waals surface area contributed by atoms with Crippen LogP contribution in [0.5, 0.6) is 5.75 Å². The number of carbonyl (C=O) groups excluding carboxylic acids is 1. The standard InChI is InChI=1S/C30H30N2O4S/c1-3-36-28-21-13-12-20-27(28)32(37(34,35)25-17-8-5-9-18-25)22-29(33)31-30(24-15-6-4-7-16-24)26-19-11-10-14-23(26)2/h4-21,30H,3,22H2,1-2H3,(H,31,33)/t30-/m0/s1. The van der Waals surface area contributed by atoms with Gasteiger partial charge in [-0.25, -0.2) is 8.42 Å². The van der Waals surface area contributed by atoms with Crippen molar-refractivity contribution in [3.63, 3.8) is 0 Å². The highest BCUT2D eigenvalue weighted by molar-refractivity contribution is 7.92. The van der Waals surface area contributed by atoms with Gasteiger partial charge in [-0.1, -0.05) is 84.9 Å². The molecular formula is C30H30N2O4S. The zero-order chi connectivity index (χ0) is 26.3. The van der Waals surface area contributed by atoms with Crippen LogP contribution in [0.4, 0.5) is 5.69 Å². The third kappa shape index (κ3) is 6.01. The van der Waals surface area contributed by atoms with Gasteiger partial charge in [0, 0.05) is 0 Å². The highest BCUT2D eigenvalue weighted by Crippen LogP contribution is 2.33. The Balaban J connectivity index is 1.73. The van der Waals surface area contributed by atoms with Crippen LogP contribution in [0.2, 0.25) is 0 Å². The van der Waals surface area contributed by atoms with Crippen molar-refractivity contribution in [1.82, 2.24) is 5.32 Å². The molecule has 1 amide bonds. The lowest BCUT2D eigenvalue weighted by molar-refractivity contribution is -0.120. The molecule has 0 unspecified atom stereocenters. The summed E-state index contributed by atoms with van der Waals surface area (Å²) in [5.74, 6) is -0.0567. The first-order valence-corrected chi connectivity index (χ1v) is 13.5. The van der Waals surface area contributed by atoms with E-state index in [-0.39, 0.29) is 4.90 Å². The number of nitrogens with zero attached hydrogens (tertiary/aromatic N) is 1. The lowest BCUT2D eigenvalue weighted by Crippen LogP contribution is -2.42. The van der Waals surface area contributed by atoms with Crippen LogP contribution in [0, 0.1) is 6.92 Å². The molecule has 0 saturated heterocycles. The number of para-hydroxylation sites is 2. The summed E-state index contributed by atoms with van der Waals surface area (Å²) in [6, 6.07) is 31.9. The Labute approximate surface area is 218 Å². The van der Waals surface area contributed by atoms with Gasteiger partial charge in [0.15, 0.2) is 0 Å². The molecule has 0 aliphatic rings. The average molecular weight is 515 g/mol. The zero-order valence-corrected chi connectivity index (χ0v) is 21.7. The van der Waals surface area contributed by atoms with Crippen molar-refractivity contribution in [1.29, 1.82) is 0 Å². The molecular weight excluding hydrogens is 484 g/mol. The predicted octanol–water partition coefficient (Wildman–Crippen LogP) is 5.49. The molecule has 1 atom stereocenters. The molecule has 37 heavy (non-hydrogen) atoms. The second kappa shape index (κ2) is 11.8. The predicted molar refractivity (Wildman–Crippen MR) is 146 cm³/mol. The van der Waals surface area contributed by atoms with Crippen LogP contribution >= 0.6 is 0 Å². The Morgan fingerprint density at radius 2 is 1.43 bits per heavy atom. The largest absolute Gasteiger partial charge is 0.492 e. The van der Waals surface area contributed by atoms with Gasteiger partial charge in [-0.05, 0) is 54.8 Å². The van der Waals surface area contributed by atoms with E-state index in [1.807, 2.05) is 68.4 Å². The minimum Gasteiger partial charge on any atom is -0.492 e. The number of nitrogens with one attached hydrogen (secondary N) is 1. The first kappa shape index (κ1) is 26.0. The highest BCUT2D eigenvalue weighted by atomic mass is 32.2. The van der Waals surface area contributed by atoms with E-state index in [9.17, 15) is 13.2 Å². The van der Waals surface area contributed by atoms with Crippen molar-refractivity contribution in [2.45, 2.75) is 24.8 Å². The summed E-state index contributed by atoms with van der Waals surface area (Å²) in [6.07, 6.45) is 0. The van der Waals surface area contributed by atoms with E-state index in [0.717, 1.165) is 21.0 Å². The van der Waals surface area contributed by atoms with E-state index in [4.69, 9.17) is 4.74 Å². The Kier molecular flexibility index (Phi) is 8.25. The number of anilines is 1. The van der Waals surface area contributed by atoms with E-state index in [2.05, 4.69) is 5.32 Å². The molecule has 0 spiro atoms. The second-order valence-electron chi connectivity index (χ2n) is 8.49. The van der Waals surface area contributed by atoms with E-state index < -0.39 is 28.5 Å². The van der Waals surface area contributed by atoms with Gasteiger partial charge in [0.25, 0.3) is 10.0 Å². The van der Waals surface area contributed by atoms with E-state index >= 15 is 0 Å². The molecule has 0 aliphatic carbocycles. The van der Waals surface area contributed by atoms with Crippen LogP contribution < -0.4 is 14.4 Å². The summed E-state index contributed by atoms with van der Waals surface area (Å²) in [5.41, 5.74) is 3.16. The number of rotatable bonds is 10. The first-order valence-electron chi connectivity index (χ1n) is 12.1. The lowest BCUT2D eigenvalue weighted by Gasteiger charge is -2.28. The molecule has 4 aromatic carbocycles. The van der Waals surface area contributed by atoms with Gasteiger partial charge in [0.1, 0.15) is 12.3 Å². The van der Waals surface area contributed by atoms with Crippen molar-refractivity contribution in [2.75, 3.05) is 17.5 Å². The normalized spacial score (nSPS) is 11.9. The molecule has 1 N–H and O–H groups in total. The maximum Gasteiger partial charge on any atom is 0.264 e. The fourth-order valence-electron chi connectivity index (χ4n) is 4.19. The summed E-state index contributed by atoms with van der Waals surface area (Å²) in [5, 5.41) is 3.08. The van der Waals surface area contributed by atoms with Crippen LogP contribution in [0.3, 0.4) is 0 Å². The molecule has 0 radical (unpaired) electrons. The van der Waals surface area contributed by atoms with Gasteiger partial charge in [-0.15, -0.1) is 0 Å². The lowest BCUT2D eigenvalue weighted by atomic mass is 9.95. The Bertz CT molecular complexity index is 1440. The number of carbonyl (C=O) groups is 1. The molecule has 0 heterocycles. The monoisotopic (exact) mass is 514 g/mol.